The van der Waals surface area contributed by atoms with Crippen molar-refractivity contribution in [2.24, 2.45) is 7.05 Å². The first-order valence-electron chi connectivity index (χ1n) is 9.57. The second-order valence-electron chi connectivity index (χ2n) is 7.33. The van der Waals surface area contributed by atoms with Gasteiger partial charge in [-0.2, -0.15) is 5.10 Å². The second-order valence-corrected chi connectivity index (χ2v) is 7.33. The molecule has 0 aliphatic heterocycles. The van der Waals surface area contributed by atoms with Gasteiger partial charge in [0, 0.05) is 42.0 Å². The molecule has 6 heteroatoms. The van der Waals surface area contributed by atoms with Crippen LogP contribution < -0.4 is 5.32 Å². The number of rotatable bonds is 5. The van der Waals surface area contributed by atoms with E-state index in [1.54, 1.807) is 16.9 Å². The van der Waals surface area contributed by atoms with Crippen LogP contribution >= 0.6 is 0 Å². The first kappa shape index (κ1) is 18.9. The van der Waals surface area contributed by atoms with Gasteiger partial charge in [-0.3, -0.25) is 9.48 Å². The number of H-pyrrole nitrogens is 1. The molecule has 2 heterocycles. The predicted octanol–water partition coefficient (Wildman–Crippen LogP) is 4.30. The van der Waals surface area contributed by atoms with E-state index in [0.29, 0.717) is 24.0 Å². The van der Waals surface area contributed by atoms with Crippen LogP contribution in [0.2, 0.25) is 0 Å². The molecule has 0 unspecified atom stereocenters. The van der Waals surface area contributed by atoms with Gasteiger partial charge >= 0.3 is 0 Å². The summed E-state index contributed by atoms with van der Waals surface area (Å²) in [4.78, 5) is 15.6. The van der Waals surface area contributed by atoms with E-state index in [4.69, 9.17) is 0 Å². The van der Waals surface area contributed by atoms with Crippen molar-refractivity contribution < 1.29 is 9.18 Å². The highest BCUT2D eigenvalue weighted by Crippen LogP contribution is 2.27. The van der Waals surface area contributed by atoms with E-state index < -0.39 is 0 Å². The number of aryl methyl sites for hydroxylation is 3. The molecule has 4 rings (SSSR count). The minimum Gasteiger partial charge on any atom is -0.356 e. The van der Waals surface area contributed by atoms with Gasteiger partial charge in [0.1, 0.15) is 5.82 Å². The lowest BCUT2D eigenvalue weighted by Crippen LogP contribution is -2.25. The lowest BCUT2D eigenvalue weighted by atomic mass is 10.0. The van der Waals surface area contributed by atoms with E-state index in [2.05, 4.69) is 15.4 Å². The maximum Gasteiger partial charge on any atom is 0.251 e. The Morgan fingerprint density at radius 2 is 1.90 bits per heavy atom. The van der Waals surface area contributed by atoms with Gasteiger partial charge in [0.15, 0.2) is 0 Å². The second kappa shape index (κ2) is 7.54. The van der Waals surface area contributed by atoms with Gasteiger partial charge in [0.05, 0.1) is 11.7 Å². The Bertz CT molecular complexity index is 1190. The lowest BCUT2D eigenvalue weighted by molar-refractivity contribution is 0.0954. The smallest absolute Gasteiger partial charge is 0.251 e. The molecule has 0 bridgehead atoms. The molecular weight excluding hydrogens is 367 g/mol. The van der Waals surface area contributed by atoms with Crippen LogP contribution in [-0.2, 0) is 13.5 Å². The van der Waals surface area contributed by atoms with Gasteiger partial charge in [-0.15, -0.1) is 0 Å². The molecule has 0 aliphatic carbocycles. The zero-order valence-corrected chi connectivity index (χ0v) is 16.7. The molecule has 2 aromatic carbocycles. The molecule has 1 amide bonds. The zero-order valence-electron chi connectivity index (χ0n) is 16.7. The van der Waals surface area contributed by atoms with Crippen LogP contribution in [0.15, 0.2) is 48.8 Å². The summed E-state index contributed by atoms with van der Waals surface area (Å²) in [5, 5.41) is 8.04. The number of hydrogen-bond acceptors (Lipinski definition) is 2. The van der Waals surface area contributed by atoms with Crippen molar-refractivity contribution in [2.75, 3.05) is 6.54 Å². The van der Waals surface area contributed by atoms with E-state index >= 15 is 0 Å². The summed E-state index contributed by atoms with van der Waals surface area (Å²) in [7, 11) is 1.87. The molecule has 0 radical (unpaired) electrons. The Labute approximate surface area is 168 Å². The number of nitrogens with zero attached hydrogens (tertiary/aromatic N) is 2. The Morgan fingerprint density at radius 1 is 1.14 bits per heavy atom. The summed E-state index contributed by atoms with van der Waals surface area (Å²) in [6, 6.07) is 10.7. The van der Waals surface area contributed by atoms with E-state index in [1.165, 1.54) is 6.07 Å². The van der Waals surface area contributed by atoms with Gasteiger partial charge in [0.2, 0.25) is 0 Å². The maximum absolute atomic E-state index is 14.1. The van der Waals surface area contributed by atoms with Crippen molar-refractivity contribution in [1.29, 1.82) is 0 Å². The number of aromatic amines is 1. The Hall–Kier alpha value is -3.41. The van der Waals surface area contributed by atoms with Crippen molar-refractivity contribution in [2.45, 2.75) is 20.3 Å². The van der Waals surface area contributed by atoms with Gasteiger partial charge in [-0.25, -0.2) is 4.39 Å². The Morgan fingerprint density at radius 3 is 2.59 bits per heavy atom. The monoisotopic (exact) mass is 390 g/mol. The standard InChI is InChI=1S/C23H23FN4O/c1-14-4-9-20(24)22-21(14)19(15(2)27-22)10-11-25-23(29)17-7-5-16(6-8-17)18-12-26-28(3)13-18/h4-9,12-13,27H,10-11H2,1-3H3,(H,25,29). The van der Waals surface area contributed by atoms with Gasteiger partial charge < -0.3 is 10.3 Å². The summed E-state index contributed by atoms with van der Waals surface area (Å²) in [5.74, 6) is -0.374. The molecule has 2 N–H and O–H groups in total. The van der Waals surface area contributed by atoms with Crippen molar-refractivity contribution in [3.63, 3.8) is 0 Å². The van der Waals surface area contributed by atoms with Gasteiger partial charge in [-0.05, 0) is 55.2 Å². The summed E-state index contributed by atoms with van der Waals surface area (Å²) < 4.78 is 15.8. The lowest BCUT2D eigenvalue weighted by Gasteiger charge is -2.07. The fraction of sp³-hybridized carbons (Fsp3) is 0.217. The predicted molar refractivity (Wildman–Crippen MR) is 112 cm³/mol. The molecule has 0 saturated heterocycles. The first-order valence-corrected chi connectivity index (χ1v) is 9.57. The molecule has 29 heavy (non-hydrogen) atoms. The van der Waals surface area contributed by atoms with Crippen LogP contribution in [0.3, 0.4) is 0 Å². The van der Waals surface area contributed by atoms with Crippen LogP contribution in [0, 0.1) is 19.7 Å². The van der Waals surface area contributed by atoms with Crippen molar-refractivity contribution in [3.8, 4) is 11.1 Å². The van der Waals surface area contributed by atoms with Crippen LogP contribution in [0.25, 0.3) is 22.0 Å². The maximum atomic E-state index is 14.1. The molecule has 5 nitrogen and oxygen atoms in total. The number of halogens is 1. The number of aromatic nitrogens is 3. The van der Waals surface area contributed by atoms with Crippen LogP contribution in [0.1, 0.15) is 27.2 Å². The quantitative estimate of drug-likeness (QED) is 0.534. The third-order valence-corrected chi connectivity index (χ3v) is 5.28. The average Bonchev–Trinajstić information content (AvgIpc) is 3.29. The molecule has 4 aromatic rings. The van der Waals surface area contributed by atoms with Crippen LogP contribution in [-0.4, -0.2) is 27.2 Å². The summed E-state index contributed by atoms with van der Waals surface area (Å²) in [6.45, 7) is 4.39. The topological polar surface area (TPSA) is 62.7 Å². The SMILES string of the molecule is Cc1[nH]c2c(F)ccc(C)c2c1CCNC(=O)c1ccc(-c2cnn(C)c2)cc1. The molecule has 0 fully saturated rings. The van der Waals surface area contributed by atoms with Crippen molar-refractivity contribution in [3.05, 3.63) is 77.0 Å². The average molecular weight is 390 g/mol. The number of nitrogens with one attached hydrogen (secondary N) is 2. The normalized spacial score (nSPS) is 11.2. The number of fused-ring (bicyclic) bond motifs is 1. The number of carbonyl (C=O) groups excluding carboxylic acids is 1. The highest BCUT2D eigenvalue weighted by Gasteiger charge is 2.14. The molecular formula is C23H23FN4O. The number of benzene rings is 2. The Balaban J connectivity index is 1.44. The summed E-state index contributed by atoms with van der Waals surface area (Å²) in [5.41, 5.74) is 6.18. The summed E-state index contributed by atoms with van der Waals surface area (Å²) in [6.07, 6.45) is 4.36. The van der Waals surface area contributed by atoms with Gasteiger partial charge in [-0.1, -0.05) is 18.2 Å². The van der Waals surface area contributed by atoms with Crippen LogP contribution in [0.5, 0.6) is 0 Å². The number of carbonyl (C=O) groups is 1. The van der Waals surface area contributed by atoms with E-state index in [1.807, 2.05) is 51.4 Å². The molecule has 148 valence electrons. The van der Waals surface area contributed by atoms with Gasteiger partial charge in [0.25, 0.3) is 5.91 Å². The number of hydrogen-bond donors (Lipinski definition) is 2. The highest BCUT2D eigenvalue weighted by atomic mass is 19.1. The molecule has 0 atom stereocenters. The minimum absolute atomic E-state index is 0.122. The molecule has 0 saturated carbocycles. The van der Waals surface area contributed by atoms with Crippen molar-refractivity contribution >= 4 is 16.8 Å². The first-order chi connectivity index (χ1) is 13.9. The highest BCUT2D eigenvalue weighted by molar-refractivity contribution is 5.94. The third kappa shape index (κ3) is 3.66. The molecule has 0 spiro atoms. The third-order valence-electron chi connectivity index (χ3n) is 5.28. The molecule has 2 aromatic heterocycles. The fourth-order valence-corrected chi connectivity index (χ4v) is 3.74. The molecule has 0 aliphatic rings. The summed E-state index contributed by atoms with van der Waals surface area (Å²) >= 11 is 0. The van der Waals surface area contributed by atoms with Crippen LogP contribution in [0.4, 0.5) is 4.39 Å². The fourth-order valence-electron chi connectivity index (χ4n) is 3.74. The largest absolute Gasteiger partial charge is 0.356 e. The minimum atomic E-state index is -0.252. The Kier molecular flexibility index (Phi) is 4.92. The van der Waals surface area contributed by atoms with E-state index in [9.17, 15) is 9.18 Å². The van der Waals surface area contributed by atoms with Crippen molar-refractivity contribution in [1.82, 2.24) is 20.1 Å². The number of amides is 1. The van der Waals surface area contributed by atoms with E-state index in [-0.39, 0.29) is 11.7 Å². The zero-order chi connectivity index (χ0) is 20.5. The van der Waals surface area contributed by atoms with E-state index in [0.717, 1.165) is 33.3 Å².